The van der Waals surface area contributed by atoms with Gasteiger partial charge in [0.15, 0.2) is 0 Å². The lowest BCUT2D eigenvalue weighted by Crippen LogP contribution is -2.22. The Balaban J connectivity index is 2.00. The zero-order chi connectivity index (χ0) is 15.1. The summed E-state index contributed by atoms with van der Waals surface area (Å²) in [7, 11) is 0. The molecule has 0 heterocycles. The molecule has 112 valence electrons. The molecule has 1 N–H and O–H groups in total. The SMILES string of the molecule is CCNC(CCCc1ccccc1)c1cc(Br)ccc1I. The van der Waals surface area contributed by atoms with Crippen LogP contribution in [0.3, 0.4) is 0 Å². The molecule has 0 spiro atoms. The van der Waals surface area contributed by atoms with Gasteiger partial charge in [-0.05, 0) is 77.7 Å². The number of halogens is 2. The maximum Gasteiger partial charge on any atom is 0.0331 e. The Morgan fingerprint density at radius 3 is 2.62 bits per heavy atom. The Kier molecular flexibility index (Phi) is 7.20. The number of rotatable bonds is 7. The number of benzene rings is 2. The molecule has 0 aliphatic rings. The minimum absolute atomic E-state index is 0.433. The van der Waals surface area contributed by atoms with E-state index in [1.54, 1.807) is 0 Å². The summed E-state index contributed by atoms with van der Waals surface area (Å²) in [4.78, 5) is 0. The highest BCUT2D eigenvalue weighted by atomic mass is 127. The third-order valence-electron chi connectivity index (χ3n) is 3.59. The van der Waals surface area contributed by atoms with Gasteiger partial charge in [0.2, 0.25) is 0 Å². The molecule has 2 rings (SSSR count). The predicted octanol–water partition coefficient (Wildman–Crippen LogP) is 5.73. The standard InChI is InChI=1S/C18H21BrIN/c1-2-21-18(16-13-15(19)11-12-17(16)20)10-6-9-14-7-4-3-5-8-14/h3-5,7-8,11-13,18,21H,2,6,9-10H2,1H3. The van der Waals surface area contributed by atoms with Gasteiger partial charge in [0.1, 0.15) is 0 Å². The van der Waals surface area contributed by atoms with Crippen LogP contribution in [0.25, 0.3) is 0 Å². The molecule has 0 fully saturated rings. The highest BCUT2D eigenvalue weighted by Crippen LogP contribution is 2.27. The van der Waals surface area contributed by atoms with E-state index in [4.69, 9.17) is 0 Å². The lowest BCUT2D eigenvalue weighted by atomic mass is 9.99. The third kappa shape index (κ3) is 5.38. The van der Waals surface area contributed by atoms with E-state index in [2.05, 4.69) is 99.3 Å². The molecule has 0 aliphatic carbocycles. The van der Waals surface area contributed by atoms with Gasteiger partial charge in [-0.2, -0.15) is 0 Å². The highest BCUT2D eigenvalue weighted by Gasteiger charge is 2.13. The van der Waals surface area contributed by atoms with Gasteiger partial charge >= 0.3 is 0 Å². The molecular weight excluding hydrogens is 437 g/mol. The van der Waals surface area contributed by atoms with E-state index in [9.17, 15) is 0 Å². The molecule has 1 unspecified atom stereocenters. The van der Waals surface area contributed by atoms with Gasteiger partial charge < -0.3 is 5.32 Å². The van der Waals surface area contributed by atoms with Crippen molar-refractivity contribution < 1.29 is 0 Å². The Hall–Kier alpha value is -0.390. The molecule has 1 atom stereocenters. The molecular formula is C18H21BrIN. The van der Waals surface area contributed by atoms with E-state index >= 15 is 0 Å². The summed E-state index contributed by atoms with van der Waals surface area (Å²) in [6.07, 6.45) is 3.51. The van der Waals surface area contributed by atoms with Gasteiger partial charge in [-0.15, -0.1) is 0 Å². The van der Waals surface area contributed by atoms with Crippen molar-refractivity contribution in [2.45, 2.75) is 32.2 Å². The largest absolute Gasteiger partial charge is 0.310 e. The summed E-state index contributed by atoms with van der Waals surface area (Å²) in [5.74, 6) is 0. The minimum Gasteiger partial charge on any atom is -0.310 e. The van der Waals surface area contributed by atoms with Crippen molar-refractivity contribution in [3.8, 4) is 0 Å². The Labute approximate surface area is 149 Å². The van der Waals surface area contributed by atoms with E-state index < -0.39 is 0 Å². The summed E-state index contributed by atoms with van der Waals surface area (Å²) in [6.45, 7) is 3.17. The van der Waals surface area contributed by atoms with Crippen LogP contribution in [0.15, 0.2) is 53.0 Å². The lowest BCUT2D eigenvalue weighted by Gasteiger charge is -2.20. The van der Waals surface area contributed by atoms with E-state index in [-0.39, 0.29) is 0 Å². The van der Waals surface area contributed by atoms with Crippen LogP contribution in [0, 0.1) is 3.57 Å². The van der Waals surface area contributed by atoms with Crippen LogP contribution in [-0.4, -0.2) is 6.54 Å². The molecule has 0 amide bonds. The van der Waals surface area contributed by atoms with Crippen LogP contribution in [0.5, 0.6) is 0 Å². The average Bonchev–Trinajstić information content (AvgIpc) is 2.50. The van der Waals surface area contributed by atoms with Gasteiger partial charge in [0.05, 0.1) is 0 Å². The second-order valence-electron chi connectivity index (χ2n) is 5.15. The van der Waals surface area contributed by atoms with Gasteiger partial charge in [0, 0.05) is 14.1 Å². The first kappa shape index (κ1) is 17.0. The molecule has 0 saturated carbocycles. The topological polar surface area (TPSA) is 12.0 Å². The first-order valence-electron chi connectivity index (χ1n) is 7.43. The van der Waals surface area contributed by atoms with Gasteiger partial charge in [0.25, 0.3) is 0 Å². The summed E-state index contributed by atoms with van der Waals surface area (Å²) < 4.78 is 2.49. The lowest BCUT2D eigenvalue weighted by molar-refractivity contribution is 0.496. The smallest absolute Gasteiger partial charge is 0.0331 e. The quantitative estimate of drug-likeness (QED) is 0.523. The predicted molar refractivity (Wildman–Crippen MR) is 103 cm³/mol. The fourth-order valence-electron chi connectivity index (χ4n) is 2.55. The normalized spacial score (nSPS) is 12.3. The van der Waals surface area contributed by atoms with E-state index in [0.29, 0.717) is 6.04 Å². The van der Waals surface area contributed by atoms with E-state index in [1.807, 2.05) is 0 Å². The summed E-state index contributed by atoms with van der Waals surface area (Å²) in [5.41, 5.74) is 2.83. The fraction of sp³-hybridized carbons (Fsp3) is 0.333. The number of hydrogen-bond donors (Lipinski definition) is 1. The monoisotopic (exact) mass is 457 g/mol. The van der Waals surface area contributed by atoms with Crippen LogP contribution in [0.1, 0.15) is 36.9 Å². The van der Waals surface area contributed by atoms with Crippen molar-refractivity contribution in [2.24, 2.45) is 0 Å². The second kappa shape index (κ2) is 8.91. The Morgan fingerprint density at radius 2 is 1.90 bits per heavy atom. The van der Waals surface area contributed by atoms with Crippen LogP contribution >= 0.6 is 38.5 Å². The molecule has 0 aliphatic heterocycles. The second-order valence-corrected chi connectivity index (χ2v) is 7.23. The first-order chi connectivity index (χ1) is 10.2. The van der Waals surface area contributed by atoms with E-state index in [0.717, 1.165) is 23.9 Å². The first-order valence-corrected chi connectivity index (χ1v) is 9.30. The van der Waals surface area contributed by atoms with Crippen molar-refractivity contribution in [1.82, 2.24) is 5.32 Å². The van der Waals surface area contributed by atoms with Crippen molar-refractivity contribution in [2.75, 3.05) is 6.54 Å². The third-order valence-corrected chi connectivity index (χ3v) is 5.06. The van der Waals surface area contributed by atoms with E-state index in [1.165, 1.54) is 21.1 Å². The van der Waals surface area contributed by atoms with Crippen molar-refractivity contribution >= 4 is 38.5 Å². The fourth-order valence-corrected chi connectivity index (χ4v) is 3.64. The highest BCUT2D eigenvalue weighted by molar-refractivity contribution is 14.1. The maximum absolute atomic E-state index is 3.63. The molecule has 2 aromatic rings. The molecule has 0 radical (unpaired) electrons. The molecule has 2 aromatic carbocycles. The molecule has 0 aromatic heterocycles. The van der Waals surface area contributed by atoms with Crippen LogP contribution in [0.4, 0.5) is 0 Å². The number of hydrogen-bond acceptors (Lipinski definition) is 1. The minimum atomic E-state index is 0.433. The Bertz CT molecular complexity index is 556. The maximum atomic E-state index is 3.63. The van der Waals surface area contributed by atoms with Crippen molar-refractivity contribution in [3.05, 3.63) is 67.7 Å². The van der Waals surface area contributed by atoms with Crippen molar-refractivity contribution in [3.63, 3.8) is 0 Å². The van der Waals surface area contributed by atoms with Crippen LogP contribution in [0.2, 0.25) is 0 Å². The molecule has 1 nitrogen and oxygen atoms in total. The van der Waals surface area contributed by atoms with Crippen LogP contribution < -0.4 is 5.32 Å². The zero-order valence-electron chi connectivity index (χ0n) is 12.3. The zero-order valence-corrected chi connectivity index (χ0v) is 16.0. The summed E-state index contributed by atoms with van der Waals surface area (Å²) in [6, 6.07) is 17.7. The molecule has 3 heteroatoms. The summed E-state index contributed by atoms with van der Waals surface area (Å²) in [5, 5.41) is 3.63. The summed E-state index contributed by atoms with van der Waals surface area (Å²) >= 11 is 6.02. The number of aryl methyl sites for hydroxylation is 1. The molecule has 0 bridgehead atoms. The van der Waals surface area contributed by atoms with Crippen molar-refractivity contribution in [1.29, 1.82) is 0 Å². The van der Waals surface area contributed by atoms with Gasteiger partial charge in [-0.3, -0.25) is 0 Å². The number of nitrogens with one attached hydrogen (secondary N) is 1. The average molecular weight is 458 g/mol. The molecule has 21 heavy (non-hydrogen) atoms. The molecule has 0 saturated heterocycles. The van der Waals surface area contributed by atoms with Crippen LogP contribution in [-0.2, 0) is 6.42 Å². The van der Waals surface area contributed by atoms with Gasteiger partial charge in [-0.25, -0.2) is 0 Å². The Morgan fingerprint density at radius 1 is 1.14 bits per heavy atom. The van der Waals surface area contributed by atoms with Gasteiger partial charge in [-0.1, -0.05) is 53.2 Å².